The van der Waals surface area contributed by atoms with Crippen molar-refractivity contribution >= 4 is 23.5 Å². The molecule has 130 valence electrons. The summed E-state index contributed by atoms with van der Waals surface area (Å²) in [6.07, 6.45) is 6.33. The highest BCUT2D eigenvalue weighted by atomic mass is 16.4. The minimum absolute atomic E-state index is 0.137. The van der Waals surface area contributed by atoms with Crippen LogP contribution in [-0.2, 0) is 21.4 Å². The van der Waals surface area contributed by atoms with Crippen LogP contribution in [0, 0.1) is 11.8 Å². The van der Waals surface area contributed by atoms with Crippen LogP contribution >= 0.6 is 0 Å². The number of rotatable bonds is 4. The number of carboxylic acids is 1. The van der Waals surface area contributed by atoms with Crippen LogP contribution in [0.15, 0.2) is 12.4 Å². The van der Waals surface area contributed by atoms with Crippen LogP contribution in [0.5, 0.6) is 0 Å². The van der Waals surface area contributed by atoms with Gasteiger partial charge < -0.3 is 15.3 Å². The molecule has 0 radical (unpaired) electrons. The summed E-state index contributed by atoms with van der Waals surface area (Å²) >= 11 is 0. The molecule has 2 heterocycles. The molecule has 0 unspecified atom stereocenters. The maximum Gasteiger partial charge on any atom is 0.306 e. The SMILES string of the molecule is Cn1cc(N2CC[C@H](NC(=O)[C@H]3CCC[C@@H](C(=O)O)C3)C2=O)cn1. The van der Waals surface area contributed by atoms with E-state index in [1.54, 1.807) is 29.0 Å². The number of carboxylic acid groups (broad SMARTS) is 1. The largest absolute Gasteiger partial charge is 0.481 e. The lowest BCUT2D eigenvalue weighted by molar-refractivity contribution is -0.144. The van der Waals surface area contributed by atoms with Gasteiger partial charge in [0.15, 0.2) is 0 Å². The van der Waals surface area contributed by atoms with Gasteiger partial charge in [-0.15, -0.1) is 0 Å². The quantitative estimate of drug-likeness (QED) is 0.836. The number of aromatic nitrogens is 2. The van der Waals surface area contributed by atoms with Crippen LogP contribution < -0.4 is 10.2 Å². The van der Waals surface area contributed by atoms with E-state index in [0.717, 1.165) is 12.1 Å². The number of hydrogen-bond acceptors (Lipinski definition) is 4. The van der Waals surface area contributed by atoms with E-state index in [0.29, 0.717) is 32.2 Å². The topological polar surface area (TPSA) is 105 Å². The molecule has 0 bridgehead atoms. The smallest absolute Gasteiger partial charge is 0.306 e. The zero-order valence-electron chi connectivity index (χ0n) is 13.6. The van der Waals surface area contributed by atoms with E-state index < -0.39 is 17.9 Å². The van der Waals surface area contributed by atoms with Crippen molar-refractivity contribution in [1.29, 1.82) is 0 Å². The van der Waals surface area contributed by atoms with Gasteiger partial charge >= 0.3 is 5.97 Å². The van der Waals surface area contributed by atoms with Gasteiger partial charge in [-0.2, -0.15) is 5.10 Å². The maximum absolute atomic E-state index is 12.5. The molecule has 24 heavy (non-hydrogen) atoms. The molecule has 2 N–H and O–H groups in total. The summed E-state index contributed by atoms with van der Waals surface area (Å²) in [4.78, 5) is 37.7. The third kappa shape index (κ3) is 3.27. The van der Waals surface area contributed by atoms with Gasteiger partial charge in [0.2, 0.25) is 11.8 Å². The molecule has 2 aliphatic rings. The average Bonchev–Trinajstić information content (AvgIpc) is 3.14. The van der Waals surface area contributed by atoms with Crippen molar-refractivity contribution in [3.63, 3.8) is 0 Å². The van der Waals surface area contributed by atoms with Gasteiger partial charge in [0.05, 0.1) is 17.8 Å². The molecule has 3 rings (SSSR count). The van der Waals surface area contributed by atoms with Crippen LogP contribution in [0.2, 0.25) is 0 Å². The predicted octanol–water partition coefficient (Wildman–Crippen LogP) is 0.533. The molecule has 0 aromatic carbocycles. The summed E-state index contributed by atoms with van der Waals surface area (Å²) in [6.45, 7) is 0.540. The number of aliphatic carboxylic acids is 1. The molecule has 2 amide bonds. The first-order chi connectivity index (χ1) is 11.5. The number of amides is 2. The van der Waals surface area contributed by atoms with Gasteiger partial charge in [-0.1, -0.05) is 6.42 Å². The molecule has 1 aromatic heterocycles. The highest BCUT2D eigenvalue weighted by molar-refractivity contribution is 6.01. The lowest BCUT2D eigenvalue weighted by Gasteiger charge is -2.26. The Labute approximate surface area is 139 Å². The third-order valence-electron chi connectivity index (χ3n) is 4.92. The summed E-state index contributed by atoms with van der Waals surface area (Å²) in [6, 6.07) is -0.539. The van der Waals surface area contributed by atoms with E-state index in [9.17, 15) is 14.4 Å². The first-order valence-corrected chi connectivity index (χ1v) is 8.29. The van der Waals surface area contributed by atoms with Crippen LogP contribution in [0.1, 0.15) is 32.1 Å². The first kappa shape index (κ1) is 16.5. The number of carbonyl (C=O) groups is 3. The molecular weight excluding hydrogens is 312 g/mol. The fourth-order valence-corrected chi connectivity index (χ4v) is 3.56. The van der Waals surface area contributed by atoms with Gasteiger partial charge in [-0.25, -0.2) is 0 Å². The van der Waals surface area contributed by atoms with Crippen LogP contribution in [0.3, 0.4) is 0 Å². The Balaban J connectivity index is 1.59. The van der Waals surface area contributed by atoms with Crippen LogP contribution in [0.4, 0.5) is 5.69 Å². The highest BCUT2D eigenvalue weighted by Gasteiger charge is 2.37. The molecule has 1 aromatic rings. The monoisotopic (exact) mass is 334 g/mol. The van der Waals surface area contributed by atoms with E-state index in [4.69, 9.17) is 5.11 Å². The van der Waals surface area contributed by atoms with Crippen molar-refractivity contribution in [3.05, 3.63) is 12.4 Å². The molecule has 2 fully saturated rings. The number of anilines is 1. The minimum atomic E-state index is -0.841. The Morgan fingerprint density at radius 1 is 1.29 bits per heavy atom. The van der Waals surface area contributed by atoms with Crippen LogP contribution in [0.25, 0.3) is 0 Å². The molecular formula is C16H22N4O4. The van der Waals surface area contributed by atoms with Gasteiger partial charge in [-0.3, -0.25) is 19.1 Å². The predicted molar refractivity (Wildman–Crippen MR) is 85.2 cm³/mol. The summed E-state index contributed by atoms with van der Waals surface area (Å²) in [7, 11) is 1.78. The van der Waals surface area contributed by atoms with Crippen molar-refractivity contribution in [3.8, 4) is 0 Å². The van der Waals surface area contributed by atoms with Gasteiger partial charge in [0.1, 0.15) is 6.04 Å². The Hall–Kier alpha value is -2.38. The third-order valence-corrected chi connectivity index (χ3v) is 4.92. The number of aryl methyl sites for hydroxylation is 1. The molecule has 8 heteroatoms. The lowest BCUT2D eigenvalue weighted by atomic mass is 9.81. The van der Waals surface area contributed by atoms with Gasteiger partial charge in [0, 0.05) is 25.7 Å². The summed E-state index contributed by atoms with van der Waals surface area (Å²) < 4.78 is 1.63. The number of nitrogens with one attached hydrogen (secondary N) is 1. The van der Waals surface area contributed by atoms with E-state index in [1.165, 1.54) is 0 Å². The molecule has 1 aliphatic carbocycles. The molecule has 1 saturated carbocycles. The normalized spacial score (nSPS) is 27.3. The van der Waals surface area contributed by atoms with Crippen molar-refractivity contribution in [2.45, 2.75) is 38.1 Å². The lowest BCUT2D eigenvalue weighted by Crippen LogP contribution is -2.45. The van der Waals surface area contributed by atoms with E-state index >= 15 is 0 Å². The van der Waals surface area contributed by atoms with E-state index in [-0.39, 0.29) is 17.7 Å². The standard InChI is InChI=1S/C16H22N4O4/c1-19-9-12(8-17-19)20-6-5-13(15(20)22)18-14(21)10-3-2-4-11(7-10)16(23)24/h8-11,13H,2-7H2,1H3,(H,18,21)(H,23,24)/t10-,11+,13-/m0/s1. The average molecular weight is 334 g/mol. The molecule has 0 spiro atoms. The van der Waals surface area contributed by atoms with Gasteiger partial charge in [-0.05, 0) is 25.7 Å². The molecule has 3 atom stereocenters. The highest BCUT2D eigenvalue weighted by Crippen LogP contribution is 2.30. The zero-order valence-corrected chi connectivity index (χ0v) is 13.6. The molecule has 1 saturated heterocycles. The Morgan fingerprint density at radius 3 is 2.71 bits per heavy atom. The van der Waals surface area contributed by atoms with Crippen LogP contribution in [-0.4, -0.2) is 45.3 Å². The number of carbonyl (C=O) groups excluding carboxylic acids is 2. The number of nitrogens with zero attached hydrogens (tertiary/aromatic N) is 3. The second-order valence-electron chi connectivity index (χ2n) is 6.61. The second-order valence-corrected chi connectivity index (χ2v) is 6.61. The summed E-state index contributed by atoms with van der Waals surface area (Å²) in [5, 5.41) is 16.0. The Bertz CT molecular complexity index is 656. The second kappa shape index (κ2) is 6.62. The van der Waals surface area contributed by atoms with Crippen molar-refractivity contribution in [2.24, 2.45) is 18.9 Å². The maximum atomic E-state index is 12.5. The fraction of sp³-hybridized carbons (Fsp3) is 0.625. The molecule has 1 aliphatic heterocycles. The zero-order chi connectivity index (χ0) is 17.3. The van der Waals surface area contributed by atoms with Crippen molar-refractivity contribution in [2.75, 3.05) is 11.4 Å². The Kier molecular flexibility index (Phi) is 4.55. The van der Waals surface area contributed by atoms with Crippen molar-refractivity contribution < 1.29 is 19.5 Å². The van der Waals surface area contributed by atoms with Gasteiger partial charge in [0.25, 0.3) is 0 Å². The van der Waals surface area contributed by atoms with Crippen molar-refractivity contribution in [1.82, 2.24) is 15.1 Å². The fourth-order valence-electron chi connectivity index (χ4n) is 3.56. The molecule has 8 nitrogen and oxygen atoms in total. The Morgan fingerprint density at radius 2 is 2.04 bits per heavy atom. The summed E-state index contributed by atoms with van der Waals surface area (Å²) in [5.41, 5.74) is 0.725. The van der Waals surface area contributed by atoms with E-state index in [2.05, 4.69) is 10.4 Å². The minimum Gasteiger partial charge on any atom is -0.481 e. The van der Waals surface area contributed by atoms with E-state index in [1.807, 2.05) is 0 Å². The number of hydrogen-bond donors (Lipinski definition) is 2. The summed E-state index contributed by atoms with van der Waals surface area (Å²) in [5.74, 6) is -1.96. The first-order valence-electron chi connectivity index (χ1n) is 8.29.